The van der Waals surface area contributed by atoms with Crippen molar-refractivity contribution in [3.05, 3.63) is 75.8 Å². The van der Waals surface area contributed by atoms with E-state index in [1.807, 2.05) is 39.9 Å². The normalized spacial score (nSPS) is 13.6. The van der Waals surface area contributed by atoms with Gasteiger partial charge in [0.2, 0.25) is 5.82 Å². The van der Waals surface area contributed by atoms with Crippen LogP contribution in [0.15, 0.2) is 59.3 Å². The topological polar surface area (TPSA) is 51.0 Å². The number of benzene rings is 1. The number of halogens is 1. The summed E-state index contributed by atoms with van der Waals surface area (Å²) in [6.45, 7) is 0.560. The molecule has 29 heavy (non-hydrogen) atoms. The molecule has 1 aliphatic rings. The number of rotatable bonds is 6. The zero-order valence-electron chi connectivity index (χ0n) is 15.4. The molecule has 0 N–H and O–H groups in total. The van der Waals surface area contributed by atoms with Crippen molar-refractivity contribution in [1.29, 1.82) is 0 Å². The molecule has 0 bridgehead atoms. The summed E-state index contributed by atoms with van der Waals surface area (Å²) < 4.78 is 15.4. The zero-order valence-corrected chi connectivity index (χ0v) is 17.0. The highest BCUT2D eigenvalue weighted by Crippen LogP contribution is 2.31. The molecule has 1 aromatic carbocycles. The molecular formula is C21H17FN4OS2. The van der Waals surface area contributed by atoms with Crippen molar-refractivity contribution >= 4 is 28.6 Å². The molecule has 0 radical (unpaired) electrons. The second-order valence-corrected chi connectivity index (χ2v) is 8.85. The van der Waals surface area contributed by atoms with Gasteiger partial charge in [0, 0.05) is 10.9 Å². The molecule has 5 rings (SSSR count). The molecular weight excluding hydrogens is 407 g/mol. The van der Waals surface area contributed by atoms with E-state index < -0.39 is 0 Å². The summed E-state index contributed by atoms with van der Waals surface area (Å²) in [5, 5.41) is 8.45. The van der Waals surface area contributed by atoms with Crippen molar-refractivity contribution in [3.63, 3.8) is 0 Å². The average molecular weight is 425 g/mol. The third-order valence-electron chi connectivity index (χ3n) is 4.75. The summed E-state index contributed by atoms with van der Waals surface area (Å²) in [4.78, 5) is 21.7. The van der Waals surface area contributed by atoms with Gasteiger partial charge in [0.1, 0.15) is 5.82 Å². The number of aromatic nitrogens is 3. The van der Waals surface area contributed by atoms with Crippen LogP contribution in [0.5, 0.6) is 0 Å². The first-order valence-electron chi connectivity index (χ1n) is 9.29. The quantitative estimate of drug-likeness (QED) is 0.438. The summed E-state index contributed by atoms with van der Waals surface area (Å²) in [6, 6.07) is 14.2. The van der Waals surface area contributed by atoms with Crippen LogP contribution in [-0.4, -0.2) is 31.6 Å². The number of thiophene rings is 2. The first kappa shape index (κ1) is 18.2. The maximum absolute atomic E-state index is 13.8. The van der Waals surface area contributed by atoms with Crippen LogP contribution in [-0.2, 0) is 6.54 Å². The standard InChI is InChI=1S/C21H17FN4OS2/c22-14-4-1-5-16(12-14)26-20(18-7-3-11-29-18)23-19(24-26)21(27)25(15-8-9-15)13-17-6-2-10-28-17/h1-7,10-12,15H,8-9,13H2. The lowest BCUT2D eigenvalue weighted by Gasteiger charge is -2.20. The van der Waals surface area contributed by atoms with Gasteiger partial charge < -0.3 is 4.90 Å². The number of nitrogens with zero attached hydrogens (tertiary/aromatic N) is 4. The maximum Gasteiger partial charge on any atom is 0.294 e. The molecule has 3 heterocycles. The van der Waals surface area contributed by atoms with E-state index in [1.54, 1.807) is 28.2 Å². The molecule has 0 atom stereocenters. The SMILES string of the molecule is O=C(c1nc(-c2cccs2)n(-c2cccc(F)c2)n1)N(Cc1cccs1)C1CC1. The smallest absolute Gasteiger partial charge is 0.294 e. The van der Waals surface area contributed by atoms with E-state index in [1.165, 1.54) is 23.5 Å². The van der Waals surface area contributed by atoms with Crippen molar-refractivity contribution in [2.45, 2.75) is 25.4 Å². The summed E-state index contributed by atoms with van der Waals surface area (Å²) in [5.41, 5.74) is 0.538. The van der Waals surface area contributed by atoms with Gasteiger partial charge >= 0.3 is 0 Å². The summed E-state index contributed by atoms with van der Waals surface area (Å²) in [6.07, 6.45) is 2.00. The van der Waals surface area contributed by atoms with Crippen LogP contribution in [0, 0.1) is 5.82 Å². The fourth-order valence-electron chi connectivity index (χ4n) is 3.21. The summed E-state index contributed by atoms with van der Waals surface area (Å²) in [7, 11) is 0. The molecule has 3 aromatic heterocycles. The molecule has 1 amide bonds. The molecule has 0 saturated heterocycles. The van der Waals surface area contributed by atoms with E-state index in [0.717, 1.165) is 22.6 Å². The van der Waals surface area contributed by atoms with Crippen molar-refractivity contribution in [3.8, 4) is 16.4 Å². The minimum Gasteiger partial charge on any atom is -0.328 e. The third-order valence-corrected chi connectivity index (χ3v) is 6.47. The number of carbonyl (C=O) groups excluding carboxylic acids is 1. The fraction of sp³-hybridized carbons (Fsp3) is 0.190. The summed E-state index contributed by atoms with van der Waals surface area (Å²) >= 11 is 3.14. The monoisotopic (exact) mass is 424 g/mol. The highest BCUT2D eigenvalue weighted by molar-refractivity contribution is 7.13. The summed E-state index contributed by atoms with van der Waals surface area (Å²) in [5.74, 6) is 0.135. The molecule has 5 nitrogen and oxygen atoms in total. The number of hydrogen-bond donors (Lipinski definition) is 0. The van der Waals surface area contributed by atoms with Gasteiger partial charge in [-0.1, -0.05) is 18.2 Å². The average Bonchev–Trinajstić information content (AvgIpc) is 3.16. The van der Waals surface area contributed by atoms with Crippen LogP contribution in [0.25, 0.3) is 16.4 Å². The number of hydrogen-bond acceptors (Lipinski definition) is 5. The Balaban J connectivity index is 1.54. The van der Waals surface area contributed by atoms with Gasteiger partial charge in [-0.25, -0.2) is 14.1 Å². The Hall–Kier alpha value is -2.84. The van der Waals surface area contributed by atoms with E-state index in [-0.39, 0.29) is 23.6 Å². The van der Waals surface area contributed by atoms with Gasteiger partial charge in [-0.3, -0.25) is 4.79 Å². The highest BCUT2D eigenvalue weighted by Gasteiger charge is 2.35. The Morgan fingerprint density at radius 3 is 2.66 bits per heavy atom. The van der Waals surface area contributed by atoms with Crippen molar-refractivity contribution < 1.29 is 9.18 Å². The first-order chi connectivity index (χ1) is 14.2. The van der Waals surface area contributed by atoms with Gasteiger partial charge in [-0.15, -0.1) is 27.8 Å². The van der Waals surface area contributed by atoms with E-state index in [2.05, 4.69) is 10.1 Å². The molecule has 1 saturated carbocycles. The van der Waals surface area contributed by atoms with Crippen LogP contribution >= 0.6 is 22.7 Å². The first-order valence-corrected chi connectivity index (χ1v) is 11.1. The largest absolute Gasteiger partial charge is 0.328 e. The third kappa shape index (κ3) is 3.73. The minimum absolute atomic E-state index is 0.140. The van der Waals surface area contributed by atoms with Crippen LogP contribution in [0.2, 0.25) is 0 Å². The molecule has 0 spiro atoms. The van der Waals surface area contributed by atoms with Gasteiger partial charge in [0.05, 0.1) is 17.1 Å². The molecule has 8 heteroatoms. The maximum atomic E-state index is 13.8. The van der Waals surface area contributed by atoms with E-state index in [0.29, 0.717) is 18.1 Å². The molecule has 0 unspecified atom stereocenters. The Bertz CT molecular complexity index is 1130. The van der Waals surface area contributed by atoms with Crippen molar-refractivity contribution in [2.75, 3.05) is 0 Å². The lowest BCUT2D eigenvalue weighted by atomic mass is 10.3. The van der Waals surface area contributed by atoms with E-state index >= 15 is 0 Å². The van der Waals surface area contributed by atoms with E-state index in [4.69, 9.17) is 0 Å². The van der Waals surface area contributed by atoms with Gasteiger partial charge in [0.15, 0.2) is 5.82 Å². The predicted molar refractivity (Wildman–Crippen MR) is 112 cm³/mol. The lowest BCUT2D eigenvalue weighted by Crippen LogP contribution is -2.33. The molecule has 1 fully saturated rings. The Morgan fingerprint density at radius 1 is 1.14 bits per heavy atom. The molecule has 1 aliphatic carbocycles. The highest BCUT2D eigenvalue weighted by atomic mass is 32.1. The second kappa shape index (κ2) is 7.53. The van der Waals surface area contributed by atoms with Crippen molar-refractivity contribution in [1.82, 2.24) is 19.7 Å². The fourth-order valence-corrected chi connectivity index (χ4v) is 4.61. The van der Waals surface area contributed by atoms with Crippen LogP contribution in [0.4, 0.5) is 4.39 Å². The molecule has 4 aromatic rings. The lowest BCUT2D eigenvalue weighted by molar-refractivity contribution is 0.0719. The van der Waals surface area contributed by atoms with Crippen LogP contribution < -0.4 is 0 Å². The molecule has 0 aliphatic heterocycles. The minimum atomic E-state index is -0.361. The van der Waals surface area contributed by atoms with E-state index in [9.17, 15) is 9.18 Å². The zero-order chi connectivity index (χ0) is 19.8. The number of amides is 1. The molecule has 146 valence electrons. The van der Waals surface area contributed by atoms with Crippen LogP contribution in [0.1, 0.15) is 28.3 Å². The Morgan fingerprint density at radius 2 is 1.97 bits per heavy atom. The second-order valence-electron chi connectivity index (χ2n) is 6.87. The van der Waals surface area contributed by atoms with Crippen molar-refractivity contribution in [2.24, 2.45) is 0 Å². The van der Waals surface area contributed by atoms with Crippen LogP contribution in [0.3, 0.4) is 0 Å². The van der Waals surface area contributed by atoms with Gasteiger partial charge in [0.25, 0.3) is 5.91 Å². The Labute approximate surface area is 175 Å². The Kier molecular flexibility index (Phi) is 4.73. The predicted octanol–water partition coefficient (Wildman–Crippen LogP) is 5.00. The van der Waals surface area contributed by atoms with Gasteiger partial charge in [-0.05, 0) is 53.9 Å². The van der Waals surface area contributed by atoms with Gasteiger partial charge in [-0.2, -0.15) is 0 Å². The number of carbonyl (C=O) groups is 1.